The fourth-order valence-electron chi connectivity index (χ4n) is 1.84. The molecule has 20 heavy (non-hydrogen) atoms. The molecule has 0 bridgehead atoms. The van der Waals surface area contributed by atoms with Crippen LogP contribution in [0.25, 0.3) is 0 Å². The van der Waals surface area contributed by atoms with Crippen LogP contribution in [0.15, 0.2) is 19.5 Å². The van der Waals surface area contributed by atoms with Crippen molar-refractivity contribution in [3.8, 4) is 0 Å². The fourth-order valence-corrected chi connectivity index (χ4v) is 3.36. The zero-order chi connectivity index (χ0) is 14.8. The molecule has 12 heteroatoms. The van der Waals surface area contributed by atoms with E-state index < -0.39 is 10.0 Å². The van der Waals surface area contributed by atoms with Crippen LogP contribution in [0, 0.1) is 5.21 Å². The molecule has 0 spiro atoms. The first-order valence-electron chi connectivity index (χ1n) is 5.83. The van der Waals surface area contributed by atoms with Gasteiger partial charge in [0.05, 0.1) is 23.6 Å². The van der Waals surface area contributed by atoms with Crippen LogP contribution >= 0.6 is 15.9 Å². The molecule has 2 heterocycles. The second kappa shape index (κ2) is 6.01. The maximum atomic E-state index is 11.7. The van der Waals surface area contributed by atoms with Gasteiger partial charge >= 0.3 is 10.5 Å². The molecule has 2 rings (SSSR count). The van der Waals surface area contributed by atoms with E-state index in [1.807, 2.05) is 0 Å². The molecule has 1 aliphatic rings. The number of halogens is 1. The molecule has 1 aliphatic heterocycles. The van der Waals surface area contributed by atoms with Gasteiger partial charge in [-0.25, -0.2) is 13.7 Å². The summed E-state index contributed by atoms with van der Waals surface area (Å²) in [7, 11) is -3.17. The van der Waals surface area contributed by atoms with E-state index in [-0.39, 0.29) is 11.6 Å². The fraction of sp³-hybridized carbons (Fsp3) is 0.750. The predicted molar refractivity (Wildman–Crippen MR) is 71.3 cm³/mol. The van der Waals surface area contributed by atoms with Gasteiger partial charge in [0, 0.05) is 29.0 Å². The van der Waals surface area contributed by atoms with Crippen molar-refractivity contribution in [2.45, 2.75) is 6.92 Å². The van der Waals surface area contributed by atoms with Gasteiger partial charge in [-0.3, -0.25) is 4.52 Å². The third kappa shape index (κ3) is 2.91. The summed E-state index contributed by atoms with van der Waals surface area (Å²) in [4.78, 5) is 1.39. The van der Waals surface area contributed by atoms with Crippen LogP contribution in [0.2, 0.25) is 0 Å². The number of hydrogen-bond donors (Lipinski definition) is 0. The van der Waals surface area contributed by atoms with E-state index in [9.17, 15) is 13.6 Å². The van der Waals surface area contributed by atoms with E-state index in [0.29, 0.717) is 30.8 Å². The highest BCUT2D eigenvalue weighted by atomic mass is 79.9. The summed E-state index contributed by atoms with van der Waals surface area (Å²) in [5.41, 5.74) is 0. The smallest absolute Gasteiger partial charge is 0.376 e. The Balaban J connectivity index is 2.08. The lowest BCUT2D eigenvalue weighted by Gasteiger charge is -2.28. The zero-order valence-electron chi connectivity index (χ0n) is 10.6. The van der Waals surface area contributed by atoms with Gasteiger partial charge < -0.3 is 5.21 Å². The molecule has 0 atom stereocenters. The Labute approximate surface area is 123 Å². The van der Waals surface area contributed by atoms with Crippen LogP contribution in [-0.2, 0) is 10.0 Å². The number of nitrogens with zero attached hydrogens (tertiary/aromatic N) is 6. The highest BCUT2D eigenvalue weighted by molar-refractivity contribution is 9.10. The lowest BCUT2D eigenvalue weighted by atomic mass is 10.4. The molecule has 112 valence electrons. The van der Waals surface area contributed by atoms with Gasteiger partial charge in [-0.2, -0.15) is 4.31 Å². The monoisotopic (exact) mass is 368 g/mol. The molecule has 1 fully saturated rings. The van der Waals surface area contributed by atoms with E-state index in [1.54, 1.807) is 11.9 Å². The normalized spacial score (nSPS) is 18.0. The van der Waals surface area contributed by atoms with Gasteiger partial charge in [-0.1, -0.05) is 0 Å². The molecule has 1 aromatic rings. The summed E-state index contributed by atoms with van der Waals surface area (Å²) >= 11 is 3.20. The SMILES string of the molecule is CCS(=O)(=O)N1CCN([n+]2noc(N=N[O-])c2Br)CC1. The lowest BCUT2D eigenvalue weighted by molar-refractivity contribution is -0.768. The molecule has 0 amide bonds. The Hall–Kier alpha value is -1.27. The van der Waals surface area contributed by atoms with Crippen molar-refractivity contribution < 1.29 is 17.7 Å². The third-order valence-corrected chi connectivity index (χ3v) is 5.47. The van der Waals surface area contributed by atoms with E-state index in [1.165, 1.54) is 9.10 Å². The highest BCUT2D eigenvalue weighted by Crippen LogP contribution is 2.21. The van der Waals surface area contributed by atoms with Crippen LogP contribution < -0.4 is 9.80 Å². The summed E-state index contributed by atoms with van der Waals surface area (Å²) in [5.74, 6) is 0.0468. The molecule has 0 aliphatic carbocycles. The molecule has 0 aromatic carbocycles. The Bertz CT molecular complexity index is 594. The molecule has 0 N–H and O–H groups in total. The number of piperazine rings is 1. The Morgan fingerprint density at radius 3 is 2.65 bits per heavy atom. The highest BCUT2D eigenvalue weighted by Gasteiger charge is 2.34. The Morgan fingerprint density at radius 2 is 2.10 bits per heavy atom. The van der Waals surface area contributed by atoms with Crippen molar-refractivity contribution >= 4 is 31.8 Å². The first kappa shape index (κ1) is 15.1. The standard InChI is InChI=1S/C8H13BrN6O4S/c1-2-20(17,18)14-5-3-13(4-6-14)15-7(9)8(10-11-16)19-12-15/h2-6H2,1H3. The van der Waals surface area contributed by atoms with Gasteiger partial charge in [-0.05, 0) is 6.92 Å². The molecule has 1 saturated heterocycles. The van der Waals surface area contributed by atoms with Crippen LogP contribution in [0.4, 0.5) is 5.88 Å². The summed E-state index contributed by atoms with van der Waals surface area (Å²) in [5, 5.41) is 21.2. The van der Waals surface area contributed by atoms with Gasteiger partial charge in [0.25, 0.3) is 0 Å². The number of rotatable bonds is 4. The summed E-state index contributed by atoms with van der Waals surface area (Å²) in [6.45, 7) is 3.23. The van der Waals surface area contributed by atoms with Crippen molar-refractivity contribution in [3.63, 3.8) is 0 Å². The molecule has 0 unspecified atom stereocenters. The van der Waals surface area contributed by atoms with Crippen LogP contribution in [-0.4, -0.2) is 49.9 Å². The molecule has 1 aromatic heterocycles. The van der Waals surface area contributed by atoms with E-state index in [0.717, 1.165) is 0 Å². The van der Waals surface area contributed by atoms with Gasteiger partial charge in [0.2, 0.25) is 15.3 Å². The molecular formula is C8H13BrN6O4S. The molecule has 0 radical (unpaired) electrons. The van der Waals surface area contributed by atoms with Crippen LogP contribution in [0.1, 0.15) is 6.92 Å². The maximum absolute atomic E-state index is 11.7. The summed E-state index contributed by atoms with van der Waals surface area (Å²) in [6.07, 6.45) is 0. The maximum Gasteiger partial charge on any atom is 0.376 e. The first-order chi connectivity index (χ1) is 9.49. The van der Waals surface area contributed by atoms with Crippen molar-refractivity contribution in [3.05, 3.63) is 9.81 Å². The minimum Gasteiger partial charge on any atom is -0.775 e. The van der Waals surface area contributed by atoms with E-state index in [2.05, 4.69) is 31.6 Å². The lowest BCUT2D eigenvalue weighted by Crippen LogP contribution is -2.66. The van der Waals surface area contributed by atoms with Gasteiger partial charge in [-0.15, -0.1) is 10.1 Å². The van der Waals surface area contributed by atoms with E-state index >= 15 is 0 Å². The number of sulfonamides is 1. The predicted octanol–water partition coefficient (Wildman–Crippen LogP) is -0.0906. The zero-order valence-corrected chi connectivity index (χ0v) is 13.0. The Morgan fingerprint density at radius 1 is 1.45 bits per heavy atom. The summed E-state index contributed by atoms with van der Waals surface area (Å²) < 4.78 is 30.1. The van der Waals surface area contributed by atoms with Crippen LogP contribution in [0.3, 0.4) is 0 Å². The minimum absolute atomic E-state index is 0.0383. The quantitative estimate of drug-likeness (QED) is 0.416. The number of aromatic nitrogens is 2. The van der Waals surface area contributed by atoms with Gasteiger partial charge in [0.15, 0.2) is 0 Å². The number of hydrogen-bond acceptors (Lipinski definition) is 8. The van der Waals surface area contributed by atoms with Gasteiger partial charge in [0.1, 0.15) is 0 Å². The van der Waals surface area contributed by atoms with Crippen LogP contribution in [0.5, 0.6) is 0 Å². The topological polar surface area (TPSA) is 118 Å². The first-order valence-corrected chi connectivity index (χ1v) is 8.23. The average molecular weight is 369 g/mol. The second-order valence-electron chi connectivity index (χ2n) is 3.99. The van der Waals surface area contributed by atoms with Crippen molar-refractivity contribution in [2.24, 2.45) is 10.4 Å². The molecule has 10 nitrogen and oxygen atoms in total. The van der Waals surface area contributed by atoms with Crippen molar-refractivity contribution in [1.82, 2.24) is 9.58 Å². The summed E-state index contributed by atoms with van der Waals surface area (Å²) in [6, 6.07) is 0. The van der Waals surface area contributed by atoms with Crippen molar-refractivity contribution in [1.29, 1.82) is 0 Å². The molecular weight excluding hydrogens is 356 g/mol. The second-order valence-corrected chi connectivity index (χ2v) is 7.00. The third-order valence-electron chi connectivity index (χ3n) is 2.93. The largest absolute Gasteiger partial charge is 0.775 e. The Kier molecular flexibility index (Phi) is 4.55. The van der Waals surface area contributed by atoms with E-state index in [4.69, 9.17) is 4.52 Å². The average Bonchev–Trinajstić information content (AvgIpc) is 2.81. The molecule has 0 saturated carbocycles. The minimum atomic E-state index is -3.17. The van der Waals surface area contributed by atoms with Crippen molar-refractivity contribution in [2.75, 3.05) is 36.9 Å².